The molecule has 0 bridgehead atoms. The predicted octanol–water partition coefficient (Wildman–Crippen LogP) is 1.77. The first-order valence-corrected chi connectivity index (χ1v) is 5.70. The summed E-state index contributed by atoms with van der Waals surface area (Å²) in [6.45, 7) is 0.761. The van der Waals surface area contributed by atoms with Gasteiger partial charge in [-0.15, -0.1) is 0 Å². The number of benzene rings is 1. The summed E-state index contributed by atoms with van der Waals surface area (Å²) in [5.74, 6) is 0.110. The molecule has 0 amide bonds. The monoisotopic (exact) mass is 245 g/mol. The Labute approximate surface area is 105 Å². The number of carboxylic acids is 1. The van der Waals surface area contributed by atoms with Crippen molar-refractivity contribution < 1.29 is 9.90 Å². The highest BCUT2D eigenvalue weighted by Crippen LogP contribution is 2.09. The molecule has 94 valence electrons. The SMILES string of the molecule is Cn1ccnc1CCNc1ccc(C(=O)O)cc1. The van der Waals surface area contributed by atoms with Gasteiger partial charge < -0.3 is 15.0 Å². The van der Waals surface area contributed by atoms with Crippen molar-refractivity contribution in [3.8, 4) is 0 Å². The number of nitrogens with zero attached hydrogens (tertiary/aromatic N) is 2. The summed E-state index contributed by atoms with van der Waals surface area (Å²) < 4.78 is 1.98. The van der Waals surface area contributed by atoms with Crippen LogP contribution in [0.1, 0.15) is 16.2 Å². The second kappa shape index (κ2) is 5.35. The van der Waals surface area contributed by atoms with Gasteiger partial charge in [0.05, 0.1) is 5.56 Å². The molecule has 0 fully saturated rings. The Hall–Kier alpha value is -2.30. The quantitative estimate of drug-likeness (QED) is 0.842. The minimum Gasteiger partial charge on any atom is -0.478 e. The second-order valence-corrected chi connectivity index (χ2v) is 4.01. The number of rotatable bonds is 5. The molecule has 18 heavy (non-hydrogen) atoms. The van der Waals surface area contributed by atoms with E-state index in [1.165, 1.54) is 0 Å². The van der Waals surface area contributed by atoms with Crippen molar-refractivity contribution >= 4 is 11.7 Å². The Morgan fingerprint density at radius 2 is 2.11 bits per heavy atom. The minimum atomic E-state index is -0.908. The van der Waals surface area contributed by atoms with Crippen LogP contribution in [0.3, 0.4) is 0 Å². The fourth-order valence-corrected chi connectivity index (χ4v) is 1.69. The van der Waals surface area contributed by atoms with E-state index in [-0.39, 0.29) is 0 Å². The van der Waals surface area contributed by atoms with E-state index in [1.54, 1.807) is 30.5 Å². The Bertz CT molecular complexity index is 531. The first-order valence-electron chi connectivity index (χ1n) is 5.70. The van der Waals surface area contributed by atoms with Gasteiger partial charge in [0, 0.05) is 38.1 Å². The highest BCUT2D eigenvalue weighted by Gasteiger charge is 2.02. The van der Waals surface area contributed by atoms with Crippen molar-refractivity contribution in [1.82, 2.24) is 9.55 Å². The minimum absolute atomic E-state index is 0.296. The molecule has 2 N–H and O–H groups in total. The number of carboxylic acid groups (broad SMARTS) is 1. The third-order valence-electron chi connectivity index (χ3n) is 2.73. The van der Waals surface area contributed by atoms with Crippen molar-refractivity contribution in [1.29, 1.82) is 0 Å². The lowest BCUT2D eigenvalue weighted by Crippen LogP contribution is -2.08. The fraction of sp³-hybridized carbons (Fsp3) is 0.231. The zero-order valence-corrected chi connectivity index (χ0v) is 10.1. The van der Waals surface area contributed by atoms with E-state index in [0.29, 0.717) is 5.56 Å². The second-order valence-electron chi connectivity index (χ2n) is 4.01. The number of aromatic nitrogens is 2. The lowest BCUT2D eigenvalue weighted by molar-refractivity contribution is 0.0697. The zero-order valence-electron chi connectivity index (χ0n) is 10.1. The fourth-order valence-electron chi connectivity index (χ4n) is 1.69. The number of aromatic carboxylic acids is 1. The molecule has 1 heterocycles. The van der Waals surface area contributed by atoms with Crippen LogP contribution >= 0.6 is 0 Å². The van der Waals surface area contributed by atoms with Crippen LogP contribution < -0.4 is 5.32 Å². The highest BCUT2D eigenvalue weighted by atomic mass is 16.4. The first-order chi connectivity index (χ1) is 8.66. The lowest BCUT2D eigenvalue weighted by atomic mass is 10.2. The normalized spacial score (nSPS) is 10.3. The van der Waals surface area contributed by atoms with Crippen LogP contribution in [0.5, 0.6) is 0 Å². The van der Waals surface area contributed by atoms with E-state index in [0.717, 1.165) is 24.5 Å². The molecule has 0 atom stereocenters. The molecule has 2 rings (SSSR count). The van der Waals surface area contributed by atoms with E-state index < -0.39 is 5.97 Å². The van der Waals surface area contributed by atoms with E-state index >= 15 is 0 Å². The maximum absolute atomic E-state index is 10.7. The van der Waals surface area contributed by atoms with Gasteiger partial charge in [-0.2, -0.15) is 0 Å². The van der Waals surface area contributed by atoms with Crippen LogP contribution in [0, 0.1) is 0 Å². The molecule has 5 heteroatoms. The lowest BCUT2D eigenvalue weighted by Gasteiger charge is -2.06. The van der Waals surface area contributed by atoms with Crippen LogP contribution in [0.15, 0.2) is 36.7 Å². The summed E-state index contributed by atoms with van der Waals surface area (Å²) >= 11 is 0. The van der Waals surface area contributed by atoms with Crippen LogP contribution in [0.2, 0.25) is 0 Å². The maximum atomic E-state index is 10.7. The van der Waals surface area contributed by atoms with Crippen molar-refractivity contribution in [2.45, 2.75) is 6.42 Å². The van der Waals surface area contributed by atoms with Gasteiger partial charge in [-0.3, -0.25) is 0 Å². The number of imidazole rings is 1. The molecule has 0 aliphatic carbocycles. The highest BCUT2D eigenvalue weighted by molar-refractivity contribution is 5.87. The molecule has 0 saturated carbocycles. The predicted molar refractivity (Wildman–Crippen MR) is 68.8 cm³/mol. The van der Waals surface area contributed by atoms with Gasteiger partial charge in [0.1, 0.15) is 5.82 Å². The van der Waals surface area contributed by atoms with E-state index in [1.807, 2.05) is 17.8 Å². The summed E-state index contributed by atoms with van der Waals surface area (Å²) in [6.07, 6.45) is 4.51. The largest absolute Gasteiger partial charge is 0.478 e. The standard InChI is InChI=1S/C13H15N3O2/c1-16-9-8-15-12(16)6-7-14-11-4-2-10(3-5-11)13(17)18/h2-5,8-9,14H,6-7H2,1H3,(H,17,18). The van der Waals surface area contributed by atoms with Gasteiger partial charge in [0.25, 0.3) is 0 Å². The molecule has 0 unspecified atom stereocenters. The number of nitrogens with one attached hydrogen (secondary N) is 1. The van der Waals surface area contributed by atoms with Gasteiger partial charge >= 0.3 is 5.97 Å². The Morgan fingerprint density at radius 1 is 1.39 bits per heavy atom. The van der Waals surface area contributed by atoms with E-state index in [4.69, 9.17) is 5.11 Å². The number of carbonyl (C=O) groups is 1. The van der Waals surface area contributed by atoms with Gasteiger partial charge in [-0.1, -0.05) is 0 Å². The summed E-state index contributed by atoms with van der Waals surface area (Å²) in [6, 6.07) is 6.71. The molecule has 5 nitrogen and oxygen atoms in total. The summed E-state index contributed by atoms with van der Waals surface area (Å²) in [5.41, 5.74) is 1.21. The van der Waals surface area contributed by atoms with Gasteiger partial charge in [-0.25, -0.2) is 9.78 Å². The first kappa shape index (κ1) is 12.2. The smallest absolute Gasteiger partial charge is 0.335 e. The van der Waals surface area contributed by atoms with Gasteiger partial charge in [0.15, 0.2) is 0 Å². The van der Waals surface area contributed by atoms with Gasteiger partial charge in [-0.05, 0) is 24.3 Å². The molecule has 2 aromatic rings. The average molecular weight is 245 g/mol. The van der Waals surface area contributed by atoms with E-state index in [2.05, 4.69) is 10.3 Å². The number of hydrogen-bond acceptors (Lipinski definition) is 3. The molecule has 1 aromatic carbocycles. The molecule has 1 aromatic heterocycles. The molecule has 0 spiro atoms. The Balaban J connectivity index is 1.87. The third-order valence-corrected chi connectivity index (χ3v) is 2.73. The van der Waals surface area contributed by atoms with Crippen molar-refractivity contribution in [3.05, 3.63) is 48.0 Å². The van der Waals surface area contributed by atoms with Crippen molar-refractivity contribution in [3.63, 3.8) is 0 Å². The molecule has 0 radical (unpaired) electrons. The molecular weight excluding hydrogens is 230 g/mol. The van der Waals surface area contributed by atoms with E-state index in [9.17, 15) is 4.79 Å². The van der Waals surface area contributed by atoms with Crippen LogP contribution in [0.25, 0.3) is 0 Å². The number of aryl methyl sites for hydroxylation is 1. The van der Waals surface area contributed by atoms with Crippen molar-refractivity contribution in [2.75, 3.05) is 11.9 Å². The Kier molecular flexibility index (Phi) is 3.62. The topological polar surface area (TPSA) is 67.2 Å². The molecular formula is C13H15N3O2. The van der Waals surface area contributed by atoms with Crippen LogP contribution in [0.4, 0.5) is 5.69 Å². The average Bonchev–Trinajstić information content (AvgIpc) is 2.76. The molecule has 0 saturated heterocycles. The maximum Gasteiger partial charge on any atom is 0.335 e. The van der Waals surface area contributed by atoms with Gasteiger partial charge in [0.2, 0.25) is 0 Å². The van der Waals surface area contributed by atoms with Crippen LogP contribution in [-0.4, -0.2) is 27.2 Å². The number of hydrogen-bond donors (Lipinski definition) is 2. The molecule has 0 aliphatic rings. The summed E-state index contributed by atoms with van der Waals surface area (Å²) in [4.78, 5) is 14.9. The summed E-state index contributed by atoms with van der Waals surface area (Å²) in [5, 5.41) is 12.0. The van der Waals surface area contributed by atoms with Crippen LogP contribution in [-0.2, 0) is 13.5 Å². The summed E-state index contributed by atoms with van der Waals surface area (Å²) in [7, 11) is 1.96. The number of anilines is 1. The van der Waals surface area contributed by atoms with Crippen molar-refractivity contribution in [2.24, 2.45) is 7.05 Å². The third kappa shape index (κ3) is 2.88. The Morgan fingerprint density at radius 3 is 2.67 bits per heavy atom. The zero-order chi connectivity index (χ0) is 13.0. The molecule has 0 aliphatic heterocycles.